The zero-order valence-corrected chi connectivity index (χ0v) is 10.4. The molecule has 0 aliphatic rings. The third-order valence-electron chi connectivity index (χ3n) is 2.88. The molecule has 0 heterocycles. The van der Waals surface area contributed by atoms with E-state index >= 15 is 0 Å². The fourth-order valence-corrected chi connectivity index (χ4v) is 1.56. The van der Waals surface area contributed by atoms with Crippen molar-refractivity contribution < 1.29 is 4.79 Å². The molecule has 0 saturated heterocycles. The molecule has 5 N–H and O–H groups in total. The highest BCUT2D eigenvalue weighted by Crippen LogP contribution is 2.18. The molecular formula is C13H21N3O. The topological polar surface area (TPSA) is 81.1 Å². The minimum atomic E-state index is -0.291. The summed E-state index contributed by atoms with van der Waals surface area (Å²) in [5.41, 5.74) is 12.5. The Hall–Kier alpha value is -1.39. The van der Waals surface area contributed by atoms with Crippen LogP contribution in [0.1, 0.15) is 25.5 Å². The Kier molecular flexibility index (Phi) is 5.12. The summed E-state index contributed by atoms with van der Waals surface area (Å²) in [6, 6.07) is 9.32. The maximum absolute atomic E-state index is 11.9. The molecule has 2 unspecified atom stereocenters. The summed E-state index contributed by atoms with van der Waals surface area (Å²) in [5.74, 6) is -0.328. The number of nitrogens with two attached hydrogens (primary N) is 2. The average Bonchev–Trinajstić information content (AvgIpc) is 2.37. The minimum Gasteiger partial charge on any atom is -0.352 e. The smallest absolute Gasteiger partial charge is 0.224 e. The van der Waals surface area contributed by atoms with Crippen LogP contribution in [0.25, 0.3) is 0 Å². The van der Waals surface area contributed by atoms with E-state index in [9.17, 15) is 4.79 Å². The third kappa shape index (κ3) is 3.84. The predicted molar refractivity (Wildman–Crippen MR) is 69.2 cm³/mol. The van der Waals surface area contributed by atoms with Crippen LogP contribution in [-0.4, -0.2) is 18.5 Å². The van der Waals surface area contributed by atoms with Crippen molar-refractivity contribution in [1.82, 2.24) is 5.32 Å². The van der Waals surface area contributed by atoms with Crippen LogP contribution in [0.3, 0.4) is 0 Å². The molecule has 1 aromatic rings. The largest absolute Gasteiger partial charge is 0.352 e. The molecule has 1 rings (SSSR count). The zero-order chi connectivity index (χ0) is 12.8. The molecule has 0 radical (unpaired) electrons. The summed E-state index contributed by atoms with van der Waals surface area (Å²) in [6.45, 7) is 4.13. The zero-order valence-electron chi connectivity index (χ0n) is 10.4. The van der Waals surface area contributed by atoms with Crippen molar-refractivity contribution in [3.63, 3.8) is 0 Å². The summed E-state index contributed by atoms with van der Waals surface area (Å²) in [6.07, 6.45) is 0. The van der Waals surface area contributed by atoms with Gasteiger partial charge in [0.1, 0.15) is 0 Å². The van der Waals surface area contributed by atoms with Gasteiger partial charge in [0.25, 0.3) is 0 Å². The van der Waals surface area contributed by atoms with Gasteiger partial charge in [-0.15, -0.1) is 0 Å². The predicted octanol–water partition coefficient (Wildman–Crippen LogP) is 0.786. The van der Waals surface area contributed by atoms with Gasteiger partial charge in [-0.2, -0.15) is 0 Å². The molecule has 94 valence electrons. The molecule has 0 aromatic heterocycles. The molecule has 4 nitrogen and oxygen atoms in total. The monoisotopic (exact) mass is 235 g/mol. The van der Waals surface area contributed by atoms with E-state index in [1.54, 1.807) is 0 Å². The summed E-state index contributed by atoms with van der Waals surface area (Å²) in [4.78, 5) is 11.9. The minimum absolute atomic E-state index is 0.0204. The number of nitrogens with one attached hydrogen (secondary N) is 1. The first-order chi connectivity index (χ1) is 8.06. The van der Waals surface area contributed by atoms with Gasteiger partial charge < -0.3 is 16.8 Å². The Morgan fingerprint density at radius 3 is 2.41 bits per heavy atom. The van der Waals surface area contributed by atoms with Crippen molar-refractivity contribution in [3.8, 4) is 0 Å². The molecule has 0 aliphatic heterocycles. The Morgan fingerprint density at radius 2 is 1.88 bits per heavy atom. The molecule has 1 amide bonds. The molecule has 0 bridgehead atoms. The number of benzene rings is 1. The number of amides is 1. The maximum atomic E-state index is 11.9. The molecule has 0 saturated carbocycles. The van der Waals surface area contributed by atoms with Crippen molar-refractivity contribution in [3.05, 3.63) is 35.9 Å². The van der Waals surface area contributed by atoms with Gasteiger partial charge in [0.15, 0.2) is 0 Å². The Bertz CT molecular complexity index is 353. The van der Waals surface area contributed by atoms with Crippen molar-refractivity contribution in [2.75, 3.05) is 6.54 Å². The van der Waals surface area contributed by atoms with E-state index in [1.807, 2.05) is 44.2 Å². The fourth-order valence-electron chi connectivity index (χ4n) is 1.56. The van der Waals surface area contributed by atoms with Gasteiger partial charge in [0.05, 0.1) is 5.92 Å². The van der Waals surface area contributed by atoms with Crippen LogP contribution in [0, 0.1) is 5.92 Å². The molecule has 4 heteroatoms. The molecule has 0 fully saturated rings. The number of hydrogen-bond acceptors (Lipinski definition) is 3. The summed E-state index contributed by atoms with van der Waals surface area (Å²) in [5, 5.41) is 2.84. The molecular weight excluding hydrogens is 214 g/mol. The van der Waals surface area contributed by atoms with E-state index in [-0.39, 0.29) is 23.9 Å². The second kappa shape index (κ2) is 6.37. The van der Waals surface area contributed by atoms with Gasteiger partial charge in [0, 0.05) is 18.6 Å². The lowest BCUT2D eigenvalue weighted by Crippen LogP contribution is -2.43. The first-order valence-electron chi connectivity index (χ1n) is 5.87. The molecule has 0 aliphatic carbocycles. The highest BCUT2D eigenvalue weighted by molar-refractivity contribution is 5.79. The van der Waals surface area contributed by atoms with Gasteiger partial charge in [-0.1, -0.05) is 37.3 Å². The first-order valence-corrected chi connectivity index (χ1v) is 5.87. The summed E-state index contributed by atoms with van der Waals surface area (Å²) in [7, 11) is 0. The van der Waals surface area contributed by atoms with Crippen LogP contribution >= 0.6 is 0 Å². The molecule has 1 aromatic carbocycles. The van der Waals surface area contributed by atoms with Crippen LogP contribution in [0.2, 0.25) is 0 Å². The van der Waals surface area contributed by atoms with Crippen LogP contribution in [0.4, 0.5) is 0 Å². The first kappa shape index (κ1) is 13.7. The lowest BCUT2D eigenvalue weighted by Gasteiger charge is -2.21. The second-order valence-corrected chi connectivity index (χ2v) is 4.37. The van der Waals surface area contributed by atoms with Gasteiger partial charge in [-0.3, -0.25) is 4.79 Å². The van der Waals surface area contributed by atoms with Crippen molar-refractivity contribution in [2.24, 2.45) is 17.4 Å². The standard InChI is InChI=1S/C13H21N3O/c1-9(8-14)16-13(17)10(2)12(15)11-6-4-3-5-7-11/h3-7,9-10,12H,8,14-15H2,1-2H3,(H,16,17)/t9-,10?,12?/m0/s1. The van der Waals surface area contributed by atoms with Gasteiger partial charge >= 0.3 is 0 Å². The highest BCUT2D eigenvalue weighted by Gasteiger charge is 2.22. The fraction of sp³-hybridized carbons (Fsp3) is 0.462. The number of rotatable bonds is 5. The second-order valence-electron chi connectivity index (χ2n) is 4.37. The van der Waals surface area contributed by atoms with Gasteiger partial charge in [-0.25, -0.2) is 0 Å². The number of carbonyl (C=O) groups excluding carboxylic acids is 1. The van der Waals surface area contributed by atoms with E-state index in [1.165, 1.54) is 0 Å². The van der Waals surface area contributed by atoms with E-state index in [0.29, 0.717) is 6.54 Å². The van der Waals surface area contributed by atoms with Crippen LogP contribution in [0.5, 0.6) is 0 Å². The Morgan fingerprint density at radius 1 is 1.29 bits per heavy atom. The summed E-state index contributed by atoms with van der Waals surface area (Å²) >= 11 is 0. The lowest BCUT2D eigenvalue weighted by molar-refractivity contribution is -0.125. The molecule has 0 spiro atoms. The van der Waals surface area contributed by atoms with Crippen LogP contribution in [0.15, 0.2) is 30.3 Å². The lowest BCUT2D eigenvalue weighted by atomic mass is 9.94. The Balaban J connectivity index is 2.63. The number of carbonyl (C=O) groups is 1. The van der Waals surface area contributed by atoms with Crippen molar-refractivity contribution in [2.45, 2.75) is 25.9 Å². The van der Waals surface area contributed by atoms with Crippen LogP contribution < -0.4 is 16.8 Å². The van der Waals surface area contributed by atoms with Gasteiger partial charge in [0.2, 0.25) is 5.91 Å². The van der Waals surface area contributed by atoms with Gasteiger partial charge in [-0.05, 0) is 12.5 Å². The number of hydrogen-bond donors (Lipinski definition) is 3. The quantitative estimate of drug-likeness (QED) is 0.705. The van der Waals surface area contributed by atoms with Crippen molar-refractivity contribution >= 4 is 5.91 Å². The SMILES string of the molecule is CC(C(=O)N[C@@H](C)CN)C(N)c1ccccc1. The van der Waals surface area contributed by atoms with Crippen LogP contribution in [-0.2, 0) is 4.79 Å². The highest BCUT2D eigenvalue weighted by atomic mass is 16.1. The third-order valence-corrected chi connectivity index (χ3v) is 2.88. The van der Waals surface area contributed by atoms with E-state index in [4.69, 9.17) is 11.5 Å². The molecule has 3 atom stereocenters. The van der Waals surface area contributed by atoms with E-state index in [0.717, 1.165) is 5.56 Å². The average molecular weight is 235 g/mol. The normalized spacial score (nSPS) is 16.0. The van der Waals surface area contributed by atoms with Crippen molar-refractivity contribution in [1.29, 1.82) is 0 Å². The van der Waals surface area contributed by atoms with E-state index in [2.05, 4.69) is 5.32 Å². The molecule has 17 heavy (non-hydrogen) atoms. The Labute approximate surface area is 102 Å². The summed E-state index contributed by atoms with van der Waals surface area (Å²) < 4.78 is 0. The van der Waals surface area contributed by atoms with E-state index < -0.39 is 0 Å². The maximum Gasteiger partial charge on any atom is 0.224 e.